The molecule has 0 aliphatic carbocycles. The maximum atomic E-state index is 9.73. The Hall–Kier alpha value is -1.75. The fourth-order valence-corrected chi connectivity index (χ4v) is 1.56. The molecule has 17 heavy (non-hydrogen) atoms. The van der Waals surface area contributed by atoms with E-state index in [1.807, 2.05) is 19.9 Å². The third kappa shape index (κ3) is 2.68. The molecule has 2 heterocycles. The van der Waals surface area contributed by atoms with Gasteiger partial charge in [-0.05, 0) is 25.0 Å². The molecule has 0 aromatic carbocycles. The van der Waals surface area contributed by atoms with E-state index in [0.29, 0.717) is 18.1 Å². The molecule has 5 nitrogen and oxygen atoms in total. The van der Waals surface area contributed by atoms with Crippen LogP contribution in [0.4, 0.5) is 0 Å². The lowest BCUT2D eigenvalue weighted by Gasteiger charge is -2.01. The number of rotatable bonds is 4. The molecular weight excluding hydrogens is 218 g/mol. The predicted molar refractivity (Wildman–Crippen MR) is 62.1 cm³/mol. The molecule has 0 amide bonds. The lowest BCUT2D eigenvalue weighted by molar-refractivity contribution is 0.153. The van der Waals surface area contributed by atoms with Crippen molar-refractivity contribution in [3.8, 4) is 11.5 Å². The molecule has 0 bridgehead atoms. The highest BCUT2D eigenvalue weighted by Gasteiger charge is 2.15. The van der Waals surface area contributed by atoms with Crippen molar-refractivity contribution < 1.29 is 9.63 Å². The standard InChI is InChI=1S/C12H15N3O2/c1-3-4-10(16)11-14-12(17-15-11)9-5-8(2)6-13-7-9/h5-7,10,16H,3-4H2,1-2H3. The molecule has 2 rings (SSSR count). The predicted octanol–water partition coefficient (Wildman–Crippen LogP) is 2.27. The van der Waals surface area contributed by atoms with Gasteiger partial charge >= 0.3 is 0 Å². The van der Waals surface area contributed by atoms with Crippen LogP contribution in [0.25, 0.3) is 11.5 Å². The van der Waals surface area contributed by atoms with Gasteiger partial charge < -0.3 is 9.63 Å². The SMILES string of the molecule is CCCC(O)c1noc(-c2cncc(C)c2)n1. The molecule has 0 fully saturated rings. The molecule has 2 aromatic heterocycles. The third-order valence-electron chi connectivity index (χ3n) is 2.42. The summed E-state index contributed by atoms with van der Waals surface area (Å²) in [6, 6.07) is 1.91. The van der Waals surface area contributed by atoms with Crippen molar-refractivity contribution in [2.45, 2.75) is 32.8 Å². The number of aliphatic hydroxyl groups excluding tert-OH is 1. The number of hydrogen-bond acceptors (Lipinski definition) is 5. The van der Waals surface area contributed by atoms with Gasteiger partial charge in [-0.3, -0.25) is 4.98 Å². The zero-order valence-electron chi connectivity index (χ0n) is 9.92. The molecule has 90 valence electrons. The second-order valence-corrected chi connectivity index (χ2v) is 4.01. The highest BCUT2D eigenvalue weighted by Crippen LogP contribution is 2.21. The highest BCUT2D eigenvalue weighted by molar-refractivity contribution is 5.51. The summed E-state index contributed by atoms with van der Waals surface area (Å²) in [4.78, 5) is 8.23. The van der Waals surface area contributed by atoms with Gasteiger partial charge in [-0.25, -0.2) is 0 Å². The van der Waals surface area contributed by atoms with E-state index in [-0.39, 0.29) is 0 Å². The Balaban J connectivity index is 2.23. The van der Waals surface area contributed by atoms with Crippen LogP contribution >= 0.6 is 0 Å². The first-order valence-corrected chi connectivity index (χ1v) is 5.64. The maximum Gasteiger partial charge on any atom is 0.259 e. The lowest BCUT2D eigenvalue weighted by atomic mass is 10.2. The van der Waals surface area contributed by atoms with Crippen molar-refractivity contribution in [3.63, 3.8) is 0 Å². The Kier molecular flexibility index (Phi) is 3.49. The topological polar surface area (TPSA) is 72.0 Å². The van der Waals surface area contributed by atoms with Crippen molar-refractivity contribution >= 4 is 0 Å². The van der Waals surface area contributed by atoms with E-state index in [2.05, 4.69) is 15.1 Å². The van der Waals surface area contributed by atoms with E-state index in [1.165, 1.54) is 0 Å². The third-order valence-corrected chi connectivity index (χ3v) is 2.42. The molecule has 2 aromatic rings. The van der Waals surface area contributed by atoms with Crippen molar-refractivity contribution in [2.24, 2.45) is 0 Å². The van der Waals surface area contributed by atoms with Gasteiger partial charge in [0.15, 0.2) is 0 Å². The van der Waals surface area contributed by atoms with E-state index >= 15 is 0 Å². The molecule has 0 radical (unpaired) electrons. The normalized spacial score (nSPS) is 12.6. The Bertz CT molecular complexity index is 496. The zero-order valence-corrected chi connectivity index (χ0v) is 9.92. The lowest BCUT2D eigenvalue weighted by Crippen LogP contribution is -1.98. The summed E-state index contributed by atoms with van der Waals surface area (Å²) in [5.41, 5.74) is 1.80. The van der Waals surface area contributed by atoms with Crippen molar-refractivity contribution in [3.05, 3.63) is 29.8 Å². The second kappa shape index (κ2) is 5.05. The molecule has 0 spiro atoms. The molecule has 0 saturated heterocycles. The quantitative estimate of drug-likeness (QED) is 0.877. The number of hydrogen-bond donors (Lipinski definition) is 1. The minimum atomic E-state index is -0.657. The molecule has 0 saturated carbocycles. The number of aliphatic hydroxyl groups is 1. The van der Waals surface area contributed by atoms with Gasteiger partial charge in [-0.15, -0.1) is 0 Å². The summed E-state index contributed by atoms with van der Waals surface area (Å²) < 4.78 is 5.11. The van der Waals surface area contributed by atoms with Crippen LogP contribution in [0.2, 0.25) is 0 Å². The largest absolute Gasteiger partial charge is 0.385 e. The monoisotopic (exact) mass is 233 g/mol. The summed E-state index contributed by atoms with van der Waals surface area (Å²) in [6.45, 7) is 3.94. The van der Waals surface area contributed by atoms with Crippen LogP contribution < -0.4 is 0 Å². The van der Waals surface area contributed by atoms with Crippen molar-refractivity contribution in [1.29, 1.82) is 0 Å². The molecule has 0 aliphatic heterocycles. The van der Waals surface area contributed by atoms with E-state index in [9.17, 15) is 5.11 Å². The summed E-state index contributed by atoms with van der Waals surface area (Å²) in [6.07, 6.45) is 4.26. The van der Waals surface area contributed by atoms with E-state index < -0.39 is 6.10 Å². The number of aromatic nitrogens is 3. The van der Waals surface area contributed by atoms with Gasteiger partial charge in [0.25, 0.3) is 5.89 Å². The first kappa shape index (κ1) is 11.7. The molecular formula is C12H15N3O2. The number of pyridine rings is 1. The van der Waals surface area contributed by atoms with Crippen LogP contribution in [0, 0.1) is 6.92 Å². The minimum Gasteiger partial charge on any atom is -0.385 e. The Morgan fingerprint density at radius 2 is 2.24 bits per heavy atom. The van der Waals surface area contributed by atoms with Crippen LogP contribution in [0.5, 0.6) is 0 Å². The minimum absolute atomic E-state index is 0.336. The van der Waals surface area contributed by atoms with Gasteiger partial charge in [-0.1, -0.05) is 18.5 Å². The van der Waals surface area contributed by atoms with Crippen LogP contribution in [-0.4, -0.2) is 20.2 Å². The highest BCUT2D eigenvalue weighted by atomic mass is 16.5. The molecule has 1 atom stereocenters. The summed E-state index contributed by atoms with van der Waals surface area (Å²) in [5.74, 6) is 0.731. The van der Waals surface area contributed by atoms with Crippen LogP contribution in [0.1, 0.15) is 37.3 Å². The summed E-state index contributed by atoms with van der Waals surface area (Å²) in [7, 11) is 0. The maximum absolute atomic E-state index is 9.73. The first-order chi connectivity index (χ1) is 8.20. The Morgan fingerprint density at radius 3 is 2.94 bits per heavy atom. The van der Waals surface area contributed by atoms with Crippen LogP contribution in [0.3, 0.4) is 0 Å². The van der Waals surface area contributed by atoms with Gasteiger partial charge in [0.05, 0.1) is 5.56 Å². The van der Waals surface area contributed by atoms with E-state index in [0.717, 1.165) is 17.5 Å². The van der Waals surface area contributed by atoms with Crippen molar-refractivity contribution in [2.75, 3.05) is 0 Å². The number of aryl methyl sites for hydroxylation is 1. The van der Waals surface area contributed by atoms with Crippen LogP contribution in [-0.2, 0) is 0 Å². The summed E-state index contributed by atoms with van der Waals surface area (Å²) >= 11 is 0. The molecule has 5 heteroatoms. The average Bonchev–Trinajstić information content (AvgIpc) is 2.78. The fraction of sp³-hybridized carbons (Fsp3) is 0.417. The second-order valence-electron chi connectivity index (χ2n) is 4.01. The fourth-order valence-electron chi connectivity index (χ4n) is 1.56. The van der Waals surface area contributed by atoms with Crippen LogP contribution in [0.15, 0.2) is 23.0 Å². The molecule has 1 unspecified atom stereocenters. The van der Waals surface area contributed by atoms with E-state index in [4.69, 9.17) is 4.52 Å². The van der Waals surface area contributed by atoms with Gasteiger partial charge in [0.1, 0.15) is 6.10 Å². The zero-order chi connectivity index (χ0) is 12.3. The first-order valence-electron chi connectivity index (χ1n) is 5.64. The van der Waals surface area contributed by atoms with Gasteiger partial charge in [-0.2, -0.15) is 4.98 Å². The van der Waals surface area contributed by atoms with Gasteiger partial charge in [0, 0.05) is 12.4 Å². The van der Waals surface area contributed by atoms with E-state index in [1.54, 1.807) is 12.4 Å². The Labute approximate surface area is 99.5 Å². The average molecular weight is 233 g/mol. The molecule has 1 N–H and O–H groups in total. The summed E-state index contributed by atoms with van der Waals surface area (Å²) in [5, 5.41) is 13.5. The number of nitrogens with zero attached hydrogens (tertiary/aromatic N) is 3. The van der Waals surface area contributed by atoms with Gasteiger partial charge in [0.2, 0.25) is 5.82 Å². The smallest absolute Gasteiger partial charge is 0.259 e. The Morgan fingerprint density at radius 1 is 1.41 bits per heavy atom. The van der Waals surface area contributed by atoms with Crippen molar-refractivity contribution in [1.82, 2.24) is 15.1 Å². The molecule has 0 aliphatic rings.